The number of para-hydroxylation sites is 1. The van der Waals surface area contributed by atoms with E-state index in [1.54, 1.807) is 12.1 Å². The van der Waals surface area contributed by atoms with Crippen LogP contribution in [0, 0.1) is 25.2 Å². The van der Waals surface area contributed by atoms with Crippen molar-refractivity contribution in [1.29, 1.82) is 5.26 Å². The summed E-state index contributed by atoms with van der Waals surface area (Å²) < 4.78 is 5.23. The first-order chi connectivity index (χ1) is 11.5. The van der Waals surface area contributed by atoms with E-state index in [0.717, 1.165) is 16.8 Å². The molecular formula is C19H19N3O2. The van der Waals surface area contributed by atoms with Crippen LogP contribution in [0.1, 0.15) is 11.1 Å². The lowest BCUT2D eigenvalue weighted by molar-refractivity contribution is -0.112. The van der Waals surface area contributed by atoms with Gasteiger partial charge in [0.25, 0.3) is 5.91 Å². The molecule has 2 aromatic carbocycles. The van der Waals surface area contributed by atoms with Gasteiger partial charge in [0.2, 0.25) is 0 Å². The lowest BCUT2D eigenvalue weighted by atomic mass is 10.2. The molecule has 1 amide bonds. The maximum Gasteiger partial charge on any atom is 0.267 e. The number of nitrogens with one attached hydrogen (secondary N) is 2. The predicted octanol–water partition coefficient (Wildman–Crippen LogP) is 3.77. The van der Waals surface area contributed by atoms with Crippen LogP contribution in [0.2, 0.25) is 0 Å². The van der Waals surface area contributed by atoms with E-state index in [9.17, 15) is 10.1 Å². The van der Waals surface area contributed by atoms with Gasteiger partial charge < -0.3 is 15.4 Å². The Morgan fingerprint density at radius 2 is 1.92 bits per heavy atom. The fraction of sp³-hybridized carbons (Fsp3) is 0.158. The van der Waals surface area contributed by atoms with E-state index in [4.69, 9.17) is 4.74 Å². The van der Waals surface area contributed by atoms with Crippen LogP contribution in [0.15, 0.2) is 54.2 Å². The zero-order chi connectivity index (χ0) is 17.5. The number of nitrogens with zero attached hydrogens (tertiary/aromatic N) is 1. The van der Waals surface area contributed by atoms with Crippen molar-refractivity contribution in [3.63, 3.8) is 0 Å². The average molecular weight is 321 g/mol. The normalized spacial score (nSPS) is 10.7. The summed E-state index contributed by atoms with van der Waals surface area (Å²) in [6, 6.07) is 15.0. The molecule has 2 rings (SSSR count). The van der Waals surface area contributed by atoms with Gasteiger partial charge in [-0.15, -0.1) is 0 Å². The van der Waals surface area contributed by atoms with Gasteiger partial charge in [0.1, 0.15) is 17.4 Å². The van der Waals surface area contributed by atoms with E-state index in [0.29, 0.717) is 11.4 Å². The Morgan fingerprint density at radius 3 is 2.58 bits per heavy atom. The fourth-order valence-electron chi connectivity index (χ4n) is 2.14. The predicted molar refractivity (Wildman–Crippen MR) is 94.9 cm³/mol. The Hall–Kier alpha value is -3.26. The smallest absolute Gasteiger partial charge is 0.267 e. The lowest BCUT2D eigenvalue weighted by Crippen LogP contribution is -2.15. The highest BCUT2D eigenvalue weighted by Gasteiger charge is 2.12. The van der Waals surface area contributed by atoms with Crippen molar-refractivity contribution in [2.45, 2.75) is 13.8 Å². The Kier molecular flexibility index (Phi) is 5.58. The van der Waals surface area contributed by atoms with Crippen LogP contribution in [0.3, 0.4) is 0 Å². The summed E-state index contributed by atoms with van der Waals surface area (Å²) >= 11 is 0. The van der Waals surface area contributed by atoms with Gasteiger partial charge in [-0.25, -0.2) is 0 Å². The summed E-state index contributed by atoms with van der Waals surface area (Å²) in [7, 11) is 1.53. The molecule has 0 saturated carbocycles. The summed E-state index contributed by atoms with van der Waals surface area (Å²) in [5.41, 5.74) is 3.34. The minimum atomic E-state index is -0.498. The van der Waals surface area contributed by atoms with Crippen LogP contribution in [0.25, 0.3) is 0 Å². The molecule has 0 atom stereocenters. The molecule has 0 saturated heterocycles. The third-order valence-corrected chi connectivity index (χ3v) is 3.49. The number of hydrogen-bond acceptors (Lipinski definition) is 4. The first-order valence-electron chi connectivity index (χ1n) is 7.43. The number of rotatable bonds is 5. The molecule has 0 unspecified atom stereocenters. The second kappa shape index (κ2) is 7.84. The molecular weight excluding hydrogens is 302 g/mol. The van der Waals surface area contributed by atoms with Crippen molar-refractivity contribution >= 4 is 17.3 Å². The number of carbonyl (C=O) groups is 1. The van der Waals surface area contributed by atoms with Crippen LogP contribution in [-0.2, 0) is 4.79 Å². The van der Waals surface area contributed by atoms with Gasteiger partial charge in [0.05, 0.1) is 12.8 Å². The fourth-order valence-corrected chi connectivity index (χ4v) is 2.14. The van der Waals surface area contributed by atoms with Gasteiger partial charge >= 0.3 is 0 Å². The third-order valence-electron chi connectivity index (χ3n) is 3.49. The monoisotopic (exact) mass is 321 g/mol. The summed E-state index contributed by atoms with van der Waals surface area (Å²) in [4.78, 5) is 12.3. The quantitative estimate of drug-likeness (QED) is 0.649. The van der Waals surface area contributed by atoms with E-state index in [-0.39, 0.29) is 5.57 Å². The molecule has 0 aliphatic heterocycles. The molecule has 24 heavy (non-hydrogen) atoms. The van der Waals surface area contributed by atoms with Gasteiger partial charge in [0.15, 0.2) is 0 Å². The SMILES string of the molecule is COc1ccc(C)cc1NC(=O)/C(C#N)=C\Nc1ccccc1C. The van der Waals surface area contributed by atoms with Crippen molar-refractivity contribution in [3.8, 4) is 11.8 Å². The summed E-state index contributed by atoms with van der Waals surface area (Å²) in [5, 5.41) is 15.0. The number of aryl methyl sites for hydroxylation is 2. The Bertz CT molecular complexity index is 820. The minimum Gasteiger partial charge on any atom is -0.495 e. The first kappa shape index (κ1) is 17.1. The van der Waals surface area contributed by atoms with Crippen LogP contribution in [-0.4, -0.2) is 13.0 Å². The minimum absolute atomic E-state index is 0.0261. The molecule has 0 aliphatic carbocycles. The second-order valence-electron chi connectivity index (χ2n) is 5.29. The van der Waals surface area contributed by atoms with E-state index < -0.39 is 5.91 Å². The Balaban J connectivity index is 2.18. The number of benzene rings is 2. The summed E-state index contributed by atoms with van der Waals surface area (Å²) in [5.74, 6) is 0.0422. The number of ether oxygens (including phenoxy) is 1. The topological polar surface area (TPSA) is 74.1 Å². The third kappa shape index (κ3) is 4.14. The van der Waals surface area contributed by atoms with Crippen LogP contribution in [0.5, 0.6) is 5.75 Å². The summed E-state index contributed by atoms with van der Waals surface area (Å²) in [6.07, 6.45) is 1.40. The molecule has 0 fully saturated rings. The maximum atomic E-state index is 12.3. The van der Waals surface area contributed by atoms with Gasteiger partial charge in [-0.2, -0.15) is 5.26 Å². The number of hydrogen-bond donors (Lipinski definition) is 2. The van der Waals surface area contributed by atoms with Crippen molar-refractivity contribution in [2.24, 2.45) is 0 Å². The number of methoxy groups -OCH3 is 1. The standard InChI is InChI=1S/C19H19N3O2/c1-13-8-9-18(24-3)17(10-13)22-19(23)15(11-20)12-21-16-7-5-4-6-14(16)2/h4-10,12,21H,1-3H3,(H,22,23)/b15-12-. The Morgan fingerprint density at radius 1 is 1.17 bits per heavy atom. The van der Waals surface area contributed by atoms with E-state index in [1.165, 1.54) is 13.3 Å². The van der Waals surface area contributed by atoms with Crippen molar-refractivity contribution in [3.05, 3.63) is 65.4 Å². The van der Waals surface area contributed by atoms with Gasteiger partial charge in [-0.1, -0.05) is 24.3 Å². The van der Waals surface area contributed by atoms with Crippen molar-refractivity contribution in [1.82, 2.24) is 0 Å². The molecule has 2 N–H and O–H groups in total. The molecule has 0 spiro atoms. The van der Waals surface area contributed by atoms with Crippen LogP contribution >= 0.6 is 0 Å². The van der Waals surface area contributed by atoms with Crippen molar-refractivity contribution < 1.29 is 9.53 Å². The highest BCUT2D eigenvalue weighted by Crippen LogP contribution is 2.25. The second-order valence-corrected chi connectivity index (χ2v) is 5.29. The molecule has 122 valence electrons. The molecule has 0 aliphatic rings. The Labute approximate surface area is 141 Å². The molecule has 0 radical (unpaired) electrons. The van der Waals surface area contributed by atoms with Gasteiger partial charge in [-0.3, -0.25) is 4.79 Å². The first-order valence-corrected chi connectivity index (χ1v) is 7.43. The molecule has 2 aromatic rings. The summed E-state index contributed by atoms with van der Waals surface area (Å²) in [6.45, 7) is 3.86. The van der Waals surface area contributed by atoms with Crippen LogP contribution in [0.4, 0.5) is 11.4 Å². The van der Waals surface area contributed by atoms with Gasteiger partial charge in [0, 0.05) is 11.9 Å². The highest BCUT2D eigenvalue weighted by atomic mass is 16.5. The van der Waals surface area contributed by atoms with Gasteiger partial charge in [-0.05, 0) is 43.2 Å². The largest absolute Gasteiger partial charge is 0.495 e. The number of amides is 1. The zero-order valence-corrected chi connectivity index (χ0v) is 13.9. The molecule has 0 bridgehead atoms. The van der Waals surface area contributed by atoms with E-state index in [1.807, 2.05) is 50.2 Å². The molecule has 0 aromatic heterocycles. The maximum absolute atomic E-state index is 12.3. The van der Waals surface area contributed by atoms with E-state index in [2.05, 4.69) is 10.6 Å². The van der Waals surface area contributed by atoms with Crippen molar-refractivity contribution in [2.75, 3.05) is 17.7 Å². The zero-order valence-electron chi connectivity index (χ0n) is 13.9. The molecule has 5 nitrogen and oxygen atoms in total. The molecule has 0 heterocycles. The molecule has 5 heteroatoms. The number of carbonyl (C=O) groups excluding carboxylic acids is 1. The average Bonchev–Trinajstić information content (AvgIpc) is 2.57. The van der Waals surface area contributed by atoms with Crippen LogP contribution < -0.4 is 15.4 Å². The number of nitriles is 1. The van der Waals surface area contributed by atoms with E-state index >= 15 is 0 Å². The number of anilines is 2. The highest BCUT2D eigenvalue weighted by molar-refractivity contribution is 6.07. The lowest BCUT2D eigenvalue weighted by Gasteiger charge is -2.11.